The molecule has 1 atom stereocenters. The lowest BCUT2D eigenvalue weighted by Gasteiger charge is -2.33. The standard InChI is InChI=1S/C24H29NO5/c1-24(2)14-13-18-20(30-24)11-9-17(22(18)27)10-12-21(26)25-19(23(28)29-3)15-16-7-5-4-6-8-16/h4-9,11,19,27H,10,12-15H2,1-3H3,(H,25,26). The number of benzene rings is 2. The van der Waals surface area contributed by atoms with Crippen molar-refractivity contribution >= 4 is 11.9 Å². The van der Waals surface area contributed by atoms with Crippen LogP contribution in [0, 0.1) is 0 Å². The van der Waals surface area contributed by atoms with Gasteiger partial charge in [0.1, 0.15) is 23.1 Å². The van der Waals surface area contributed by atoms with Gasteiger partial charge in [-0.25, -0.2) is 4.79 Å². The number of phenols is 1. The summed E-state index contributed by atoms with van der Waals surface area (Å²) in [5.74, 6) is 0.148. The zero-order valence-electron chi connectivity index (χ0n) is 17.7. The van der Waals surface area contributed by atoms with E-state index in [-0.39, 0.29) is 23.7 Å². The monoisotopic (exact) mass is 411 g/mol. The van der Waals surface area contributed by atoms with Crippen LogP contribution in [0.5, 0.6) is 11.5 Å². The van der Waals surface area contributed by atoms with Crippen LogP contribution in [0.1, 0.15) is 43.4 Å². The number of rotatable bonds is 7. The second-order valence-corrected chi connectivity index (χ2v) is 8.24. The molecule has 1 aliphatic rings. The number of phenolic OH excluding ortho intramolecular Hbond substituents is 1. The maximum Gasteiger partial charge on any atom is 0.328 e. The predicted octanol–water partition coefficient (Wildman–Crippen LogP) is 3.33. The lowest BCUT2D eigenvalue weighted by atomic mass is 9.91. The molecule has 0 spiro atoms. The molecule has 2 aromatic carbocycles. The Bertz CT molecular complexity index is 907. The van der Waals surface area contributed by atoms with Crippen molar-refractivity contribution in [1.29, 1.82) is 0 Å². The van der Waals surface area contributed by atoms with Crippen molar-refractivity contribution in [2.45, 2.75) is 57.6 Å². The van der Waals surface area contributed by atoms with Gasteiger partial charge in [-0.05, 0) is 50.3 Å². The van der Waals surface area contributed by atoms with Crippen LogP contribution < -0.4 is 10.1 Å². The molecule has 0 saturated heterocycles. The highest BCUT2D eigenvalue weighted by Crippen LogP contribution is 2.39. The van der Waals surface area contributed by atoms with Gasteiger partial charge in [-0.15, -0.1) is 0 Å². The van der Waals surface area contributed by atoms with E-state index in [1.807, 2.05) is 50.2 Å². The molecule has 3 rings (SSSR count). The smallest absolute Gasteiger partial charge is 0.328 e. The molecule has 6 heteroatoms. The first-order chi connectivity index (χ1) is 14.3. The molecule has 0 bridgehead atoms. The summed E-state index contributed by atoms with van der Waals surface area (Å²) < 4.78 is 10.8. The quantitative estimate of drug-likeness (QED) is 0.683. The summed E-state index contributed by atoms with van der Waals surface area (Å²) in [7, 11) is 1.31. The molecule has 1 aliphatic heterocycles. The van der Waals surface area contributed by atoms with Crippen molar-refractivity contribution in [3.05, 3.63) is 59.2 Å². The number of nitrogens with one attached hydrogen (secondary N) is 1. The molecule has 0 fully saturated rings. The summed E-state index contributed by atoms with van der Waals surface area (Å²) in [6.45, 7) is 4.05. The number of methoxy groups -OCH3 is 1. The molecule has 2 N–H and O–H groups in total. The first kappa shape index (κ1) is 21.7. The number of carbonyl (C=O) groups is 2. The molecule has 0 radical (unpaired) electrons. The Morgan fingerprint density at radius 2 is 1.93 bits per heavy atom. The van der Waals surface area contributed by atoms with Crippen LogP contribution in [0.25, 0.3) is 0 Å². The second kappa shape index (κ2) is 9.20. The summed E-state index contributed by atoms with van der Waals surface area (Å²) >= 11 is 0. The molecular weight excluding hydrogens is 382 g/mol. The van der Waals surface area contributed by atoms with Crippen LogP contribution in [0.15, 0.2) is 42.5 Å². The van der Waals surface area contributed by atoms with Crippen LogP contribution in [0.2, 0.25) is 0 Å². The van der Waals surface area contributed by atoms with E-state index in [0.717, 1.165) is 24.0 Å². The zero-order chi connectivity index (χ0) is 21.7. The molecule has 1 amide bonds. The summed E-state index contributed by atoms with van der Waals surface area (Å²) in [6, 6.07) is 12.4. The van der Waals surface area contributed by atoms with Gasteiger partial charge in [-0.2, -0.15) is 0 Å². The third-order valence-corrected chi connectivity index (χ3v) is 5.41. The number of aryl methyl sites for hydroxylation is 1. The van der Waals surface area contributed by atoms with Gasteiger partial charge < -0.3 is 19.9 Å². The molecule has 0 aliphatic carbocycles. The Balaban J connectivity index is 1.62. The minimum atomic E-state index is -0.752. The SMILES string of the molecule is COC(=O)C(Cc1ccccc1)NC(=O)CCc1ccc2c(c1O)CCC(C)(C)O2. The van der Waals surface area contributed by atoms with Crippen molar-refractivity contribution in [2.75, 3.05) is 7.11 Å². The van der Waals surface area contributed by atoms with Crippen LogP contribution in [-0.4, -0.2) is 35.7 Å². The number of aromatic hydroxyl groups is 1. The van der Waals surface area contributed by atoms with E-state index in [1.54, 1.807) is 6.07 Å². The summed E-state index contributed by atoms with van der Waals surface area (Å²) in [5, 5.41) is 13.4. The molecule has 1 unspecified atom stereocenters. The Morgan fingerprint density at radius 1 is 1.20 bits per heavy atom. The zero-order valence-corrected chi connectivity index (χ0v) is 17.7. The first-order valence-electron chi connectivity index (χ1n) is 10.2. The van der Waals surface area contributed by atoms with Gasteiger partial charge in [-0.3, -0.25) is 4.79 Å². The highest BCUT2D eigenvalue weighted by molar-refractivity contribution is 5.84. The Kier molecular flexibility index (Phi) is 6.65. The van der Waals surface area contributed by atoms with E-state index in [1.165, 1.54) is 7.11 Å². The van der Waals surface area contributed by atoms with Gasteiger partial charge in [-0.1, -0.05) is 36.4 Å². The number of carbonyl (C=O) groups excluding carboxylic acids is 2. The van der Waals surface area contributed by atoms with E-state index >= 15 is 0 Å². The van der Waals surface area contributed by atoms with Gasteiger partial charge in [0.05, 0.1) is 7.11 Å². The number of hydrogen-bond acceptors (Lipinski definition) is 5. The van der Waals surface area contributed by atoms with E-state index in [4.69, 9.17) is 9.47 Å². The van der Waals surface area contributed by atoms with E-state index in [9.17, 15) is 14.7 Å². The predicted molar refractivity (Wildman–Crippen MR) is 114 cm³/mol. The maximum absolute atomic E-state index is 12.5. The molecule has 2 aromatic rings. The number of amides is 1. The number of ether oxygens (including phenoxy) is 2. The van der Waals surface area contributed by atoms with Gasteiger partial charge in [0.2, 0.25) is 5.91 Å². The van der Waals surface area contributed by atoms with E-state index in [2.05, 4.69) is 5.32 Å². The summed E-state index contributed by atoms with van der Waals surface area (Å²) in [4.78, 5) is 24.6. The topological polar surface area (TPSA) is 84.9 Å². The summed E-state index contributed by atoms with van der Waals surface area (Å²) in [5.41, 5.74) is 2.18. The Hall–Kier alpha value is -3.02. The molecule has 6 nitrogen and oxygen atoms in total. The van der Waals surface area contributed by atoms with Crippen LogP contribution in [0.3, 0.4) is 0 Å². The van der Waals surface area contributed by atoms with E-state index < -0.39 is 12.0 Å². The minimum Gasteiger partial charge on any atom is -0.507 e. The number of esters is 1. The molecule has 160 valence electrons. The average molecular weight is 411 g/mol. The molecule has 0 aromatic heterocycles. The van der Waals surface area contributed by atoms with Crippen molar-refractivity contribution in [3.63, 3.8) is 0 Å². The number of fused-ring (bicyclic) bond motifs is 1. The maximum atomic E-state index is 12.5. The highest BCUT2D eigenvalue weighted by atomic mass is 16.5. The third kappa shape index (κ3) is 5.32. The Labute approximate surface area is 177 Å². The van der Waals surface area contributed by atoms with E-state index in [0.29, 0.717) is 24.2 Å². The first-order valence-corrected chi connectivity index (χ1v) is 10.2. The van der Waals surface area contributed by atoms with Gasteiger partial charge in [0, 0.05) is 18.4 Å². The fourth-order valence-electron chi connectivity index (χ4n) is 3.68. The minimum absolute atomic E-state index is 0.154. The summed E-state index contributed by atoms with van der Waals surface area (Å²) in [6.07, 6.45) is 2.43. The number of hydrogen-bond donors (Lipinski definition) is 2. The largest absolute Gasteiger partial charge is 0.507 e. The van der Waals surface area contributed by atoms with Crippen molar-refractivity contribution in [3.8, 4) is 11.5 Å². The molecule has 1 heterocycles. The van der Waals surface area contributed by atoms with Crippen molar-refractivity contribution in [2.24, 2.45) is 0 Å². The lowest BCUT2D eigenvalue weighted by molar-refractivity contribution is -0.145. The Morgan fingerprint density at radius 3 is 2.63 bits per heavy atom. The van der Waals surface area contributed by atoms with Gasteiger partial charge in [0.15, 0.2) is 0 Å². The van der Waals surface area contributed by atoms with Crippen LogP contribution in [0.4, 0.5) is 0 Å². The van der Waals surface area contributed by atoms with Crippen molar-refractivity contribution < 1.29 is 24.2 Å². The molecule has 0 saturated carbocycles. The average Bonchev–Trinajstić information content (AvgIpc) is 2.72. The van der Waals surface area contributed by atoms with Crippen LogP contribution in [-0.2, 0) is 33.6 Å². The molecular formula is C24H29NO5. The lowest BCUT2D eigenvalue weighted by Crippen LogP contribution is -2.43. The fraction of sp³-hybridized carbons (Fsp3) is 0.417. The third-order valence-electron chi connectivity index (χ3n) is 5.41. The fourth-order valence-corrected chi connectivity index (χ4v) is 3.68. The normalized spacial score (nSPS) is 15.4. The highest BCUT2D eigenvalue weighted by Gasteiger charge is 2.29. The van der Waals surface area contributed by atoms with Gasteiger partial charge in [0.25, 0.3) is 0 Å². The van der Waals surface area contributed by atoms with Gasteiger partial charge >= 0.3 is 5.97 Å². The molecule has 30 heavy (non-hydrogen) atoms. The van der Waals surface area contributed by atoms with Crippen LogP contribution >= 0.6 is 0 Å². The van der Waals surface area contributed by atoms with Crippen molar-refractivity contribution in [1.82, 2.24) is 5.32 Å². The second-order valence-electron chi connectivity index (χ2n) is 8.24.